The molecule has 39 heavy (non-hydrogen) atoms. The highest BCUT2D eigenvalue weighted by Gasteiger charge is 2.35. The van der Waals surface area contributed by atoms with Gasteiger partial charge in [0.1, 0.15) is 11.9 Å². The Kier molecular flexibility index (Phi) is 9.80. The first-order chi connectivity index (χ1) is 18.7. The highest BCUT2D eigenvalue weighted by atomic mass is 19.1. The molecule has 2 aromatic carbocycles. The minimum Gasteiger partial charge on any atom is -0.486 e. The Bertz CT molecular complexity index is 1120. The van der Waals surface area contributed by atoms with Crippen LogP contribution in [0.4, 0.5) is 20.6 Å². The summed E-state index contributed by atoms with van der Waals surface area (Å²) in [6.07, 6.45) is 6.14. The third-order valence-corrected chi connectivity index (χ3v) is 7.83. The van der Waals surface area contributed by atoms with Crippen LogP contribution in [0, 0.1) is 17.7 Å². The molecule has 1 saturated carbocycles. The molecule has 9 heteroatoms. The number of ether oxygens (including phenoxy) is 1. The van der Waals surface area contributed by atoms with Gasteiger partial charge in [0, 0.05) is 31.2 Å². The predicted octanol–water partition coefficient (Wildman–Crippen LogP) is 5.20. The number of carbonyl (C=O) groups excluding carboxylic acids is 2. The van der Waals surface area contributed by atoms with Crippen LogP contribution < -0.4 is 15.4 Å². The summed E-state index contributed by atoms with van der Waals surface area (Å²) in [7, 11) is 2.12. The van der Waals surface area contributed by atoms with Crippen molar-refractivity contribution in [1.29, 1.82) is 0 Å². The Labute approximate surface area is 230 Å². The Morgan fingerprint density at radius 2 is 1.85 bits per heavy atom. The molecule has 3 amide bonds. The van der Waals surface area contributed by atoms with E-state index in [4.69, 9.17) is 4.74 Å². The number of likely N-dealkylation sites (N-methyl/N-ethyl adjacent to an activating group) is 1. The number of rotatable bonds is 8. The van der Waals surface area contributed by atoms with Crippen molar-refractivity contribution in [3.63, 3.8) is 0 Å². The number of hydrogen-bond acceptors (Lipinski definition) is 5. The number of nitrogens with one attached hydrogen (secondary N) is 2. The molecule has 1 aliphatic heterocycles. The lowest BCUT2D eigenvalue weighted by Crippen LogP contribution is -2.50. The van der Waals surface area contributed by atoms with Gasteiger partial charge in [-0.3, -0.25) is 4.79 Å². The number of nitrogens with zero attached hydrogens (tertiary/aromatic N) is 2. The van der Waals surface area contributed by atoms with Crippen molar-refractivity contribution >= 4 is 23.3 Å². The van der Waals surface area contributed by atoms with E-state index in [1.807, 2.05) is 6.92 Å². The van der Waals surface area contributed by atoms with Gasteiger partial charge in [0.15, 0.2) is 5.75 Å². The minimum atomic E-state index is -0.535. The molecule has 212 valence electrons. The lowest BCUT2D eigenvalue weighted by atomic mass is 9.89. The molecule has 3 N–H and O–H groups in total. The number of para-hydroxylation sites is 1. The summed E-state index contributed by atoms with van der Waals surface area (Å²) in [4.78, 5) is 30.5. The standard InChI is InChI=1S/C30H41FN4O4/c1-20-16-35(21(2)19-36)29(37)25-10-7-11-26(33-30(38)32-24-14-12-23(31)13-15-24)28(25)39-27(20)18-34(3)17-22-8-5-4-6-9-22/h7,10-15,20-22,27,36H,4-6,8-9,16-19H2,1-3H3,(H2,32,33,38)/t20-,21-,27+/m0/s1. The molecule has 0 aromatic heterocycles. The number of aliphatic hydroxyl groups excluding tert-OH is 1. The highest BCUT2D eigenvalue weighted by Crippen LogP contribution is 2.35. The van der Waals surface area contributed by atoms with Gasteiger partial charge in [0.2, 0.25) is 0 Å². The fraction of sp³-hybridized carbons (Fsp3) is 0.533. The lowest BCUT2D eigenvalue weighted by molar-refractivity contribution is 0.0333. The number of benzene rings is 2. The number of anilines is 2. The highest BCUT2D eigenvalue weighted by molar-refractivity contribution is 6.04. The second-order valence-corrected chi connectivity index (χ2v) is 11.1. The maximum Gasteiger partial charge on any atom is 0.323 e. The first-order valence-corrected chi connectivity index (χ1v) is 14.0. The molecular formula is C30H41FN4O4. The van der Waals surface area contributed by atoms with E-state index >= 15 is 0 Å². The average molecular weight is 541 g/mol. The van der Waals surface area contributed by atoms with Crippen molar-refractivity contribution in [2.75, 3.05) is 43.9 Å². The maximum atomic E-state index is 13.6. The van der Waals surface area contributed by atoms with Crippen LogP contribution in [0.15, 0.2) is 42.5 Å². The molecule has 8 nitrogen and oxygen atoms in total. The Hall–Kier alpha value is -3.17. The molecule has 0 bridgehead atoms. The van der Waals surface area contributed by atoms with Crippen molar-refractivity contribution in [2.24, 2.45) is 11.8 Å². The topological polar surface area (TPSA) is 94.1 Å². The normalized spacial score (nSPS) is 21.0. The third-order valence-electron chi connectivity index (χ3n) is 7.83. The number of hydrogen-bond donors (Lipinski definition) is 3. The zero-order chi connectivity index (χ0) is 27.9. The lowest BCUT2D eigenvalue weighted by Gasteiger charge is -2.39. The van der Waals surface area contributed by atoms with E-state index in [9.17, 15) is 19.1 Å². The monoisotopic (exact) mass is 540 g/mol. The first kappa shape index (κ1) is 28.8. The molecular weight excluding hydrogens is 499 g/mol. The Morgan fingerprint density at radius 1 is 1.13 bits per heavy atom. The van der Waals surface area contributed by atoms with E-state index in [2.05, 4.69) is 29.5 Å². The van der Waals surface area contributed by atoms with Crippen LogP contribution >= 0.6 is 0 Å². The quantitative estimate of drug-likeness (QED) is 0.428. The molecule has 1 heterocycles. The SMILES string of the molecule is C[C@H]1CN([C@@H](C)CO)C(=O)c2cccc(NC(=O)Nc3ccc(F)cc3)c2O[C@@H]1CN(C)CC1CCCCC1. The third kappa shape index (κ3) is 7.48. The van der Waals surface area contributed by atoms with Gasteiger partial charge in [-0.25, -0.2) is 9.18 Å². The molecule has 0 saturated heterocycles. The Morgan fingerprint density at radius 3 is 2.54 bits per heavy atom. The molecule has 0 unspecified atom stereocenters. The summed E-state index contributed by atoms with van der Waals surface area (Å²) >= 11 is 0. The van der Waals surface area contributed by atoms with E-state index in [0.717, 1.165) is 6.54 Å². The predicted molar refractivity (Wildman–Crippen MR) is 151 cm³/mol. The fourth-order valence-corrected chi connectivity index (χ4v) is 5.57. The number of aliphatic hydroxyl groups is 1. The summed E-state index contributed by atoms with van der Waals surface area (Å²) in [6, 6.07) is 9.66. The molecule has 0 radical (unpaired) electrons. The molecule has 1 fully saturated rings. The van der Waals surface area contributed by atoms with Crippen molar-refractivity contribution < 1.29 is 23.8 Å². The number of urea groups is 1. The summed E-state index contributed by atoms with van der Waals surface area (Å²) in [5.41, 5.74) is 1.14. The number of carbonyl (C=O) groups is 2. The van der Waals surface area contributed by atoms with Crippen LogP contribution in [0.3, 0.4) is 0 Å². The molecule has 4 rings (SSSR count). The van der Waals surface area contributed by atoms with Crippen LogP contribution in [0.2, 0.25) is 0 Å². The fourth-order valence-electron chi connectivity index (χ4n) is 5.57. The molecule has 3 atom stereocenters. The smallest absolute Gasteiger partial charge is 0.323 e. The van der Waals surface area contributed by atoms with Gasteiger partial charge < -0.3 is 30.3 Å². The van der Waals surface area contributed by atoms with Crippen molar-refractivity contribution in [3.05, 3.63) is 53.8 Å². The number of halogens is 1. The molecule has 2 aromatic rings. The van der Waals surface area contributed by atoms with E-state index in [1.54, 1.807) is 23.1 Å². The largest absolute Gasteiger partial charge is 0.486 e. The number of fused-ring (bicyclic) bond motifs is 1. The summed E-state index contributed by atoms with van der Waals surface area (Å²) in [5, 5.41) is 15.4. The van der Waals surface area contributed by atoms with Crippen molar-refractivity contribution in [3.8, 4) is 5.75 Å². The summed E-state index contributed by atoms with van der Waals surface area (Å²) < 4.78 is 19.9. The van der Waals surface area contributed by atoms with Gasteiger partial charge in [0.25, 0.3) is 5.91 Å². The van der Waals surface area contributed by atoms with Crippen LogP contribution in [0.1, 0.15) is 56.3 Å². The van der Waals surface area contributed by atoms with Crippen molar-refractivity contribution in [1.82, 2.24) is 9.80 Å². The van der Waals surface area contributed by atoms with E-state index in [-0.39, 0.29) is 30.6 Å². The van der Waals surface area contributed by atoms with Gasteiger partial charge >= 0.3 is 6.03 Å². The van der Waals surface area contributed by atoms with Crippen LogP contribution in [0.5, 0.6) is 5.75 Å². The van der Waals surface area contributed by atoms with Crippen LogP contribution in [-0.2, 0) is 0 Å². The summed E-state index contributed by atoms with van der Waals surface area (Å²) in [5.74, 6) is 0.322. The Balaban J connectivity index is 1.59. The van der Waals surface area contributed by atoms with Gasteiger partial charge in [-0.2, -0.15) is 0 Å². The zero-order valence-electron chi connectivity index (χ0n) is 23.2. The van der Waals surface area contributed by atoms with Gasteiger partial charge in [-0.1, -0.05) is 32.3 Å². The van der Waals surface area contributed by atoms with Gasteiger partial charge in [-0.05, 0) is 69.1 Å². The average Bonchev–Trinajstić information content (AvgIpc) is 2.92. The minimum absolute atomic E-state index is 0.0222. The summed E-state index contributed by atoms with van der Waals surface area (Å²) in [6.45, 7) is 5.85. The van der Waals surface area contributed by atoms with Crippen molar-refractivity contribution in [2.45, 2.75) is 58.1 Å². The van der Waals surface area contributed by atoms with Crippen LogP contribution in [0.25, 0.3) is 0 Å². The van der Waals surface area contributed by atoms with Crippen LogP contribution in [-0.4, -0.2) is 72.3 Å². The van der Waals surface area contributed by atoms with E-state index < -0.39 is 11.8 Å². The second-order valence-electron chi connectivity index (χ2n) is 11.1. The number of amides is 3. The van der Waals surface area contributed by atoms with E-state index in [0.29, 0.717) is 41.7 Å². The molecule has 0 spiro atoms. The zero-order valence-corrected chi connectivity index (χ0v) is 23.2. The maximum absolute atomic E-state index is 13.6. The van der Waals surface area contributed by atoms with Gasteiger partial charge in [-0.15, -0.1) is 0 Å². The van der Waals surface area contributed by atoms with Gasteiger partial charge in [0.05, 0.1) is 23.9 Å². The molecule has 1 aliphatic carbocycles. The second kappa shape index (κ2) is 13.3. The van der Waals surface area contributed by atoms with E-state index in [1.165, 1.54) is 56.4 Å². The first-order valence-electron chi connectivity index (χ1n) is 14.0. The molecule has 2 aliphatic rings.